The molecule has 0 radical (unpaired) electrons. The summed E-state index contributed by atoms with van der Waals surface area (Å²) >= 11 is 6.12. The maximum absolute atomic E-state index is 12.4. The van der Waals surface area contributed by atoms with Crippen molar-refractivity contribution in [1.29, 1.82) is 0 Å². The van der Waals surface area contributed by atoms with Crippen LogP contribution in [0.3, 0.4) is 0 Å². The number of carboxylic acid groups (broad SMARTS) is 1. The predicted octanol–water partition coefficient (Wildman–Crippen LogP) is 6.07. The fourth-order valence-corrected chi connectivity index (χ4v) is 3.35. The number of benzene rings is 2. The minimum atomic E-state index is -0.809. The zero-order valence-electron chi connectivity index (χ0n) is 17.4. The summed E-state index contributed by atoms with van der Waals surface area (Å²) in [7, 11) is 0. The van der Waals surface area contributed by atoms with Crippen LogP contribution in [0.15, 0.2) is 85.2 Å². The second-order valence-electron chi connectivity index (χ2n) is 7.07. The summed E-state index contributed by atoms with van der Waals surface area (Å²) in [6.45, 7) is 0. The van der Waals surface area contributed by atoms with Crippen LogP contribution in [0.25, 0.3) is 11.6 Å². The number of hydrogen-bond donors (Lipinski definition) is 2. The number of carbonyl (C=O) groups excluding carboxylic acids is 1. The van der Waals surface area contributed by atoms with Gasteiger partial charge in [-0.15, -0.1) is 0 Å². The van der Waals surface area contributed by atoms with E-state index in [2.05, 4.69) is 10.3 Å². The van der Waals surface area contributed by atoms with Gasteiger partial charge in [-0.25, -0.2) is 0 Å². The molecule has 1 amide bonds. The molecule has 0 aliphatic heterocycles. The Labute approximate surface area is 192 Å². The first kappa shape index (κ1) is 23.0. The topological polar surface area (TPSA) is 79.3 Å². The van der Waals surface area contributed by atoms with Crippen molar-refractivity contribution in [2.24, 2.45) is 0 Å². The Morgan fingerprint density at radius 2 is 1.84 bits per heavy atom. The maximum atomic E-state index is 12.4. The van der Waals surface area contributed by atoms with Crippen molar-refractivity contribution in [2.75, 3.05) is 5.32 Å². The van der Waals surface area contributed by atoms with Crippen LogP contribution < -0.4 is 5.32 Å². The predicted molar refractivity (Wildman–Crippen MR) is 128 cm³/mol. The van der Waals surface area contributed by atoms with E-state index in [0.717, 1.165) is 22.3 Å². The second-order valence-corrected chi connectivity index (χ2v) is 7.48. The van der Waals surface area contributed by atoms with E-state index in [9.17, 15) is 9.59 Å². The van der Waals surface area contributed by atoms with Gasteiger partial charge in [0.2, 0.25) is 5.91 Å². The quantitative estimate of drug-likeness (QED) is 0.308. The van der Waals surface area contributed by atoms with Gasteiger partial charge in [0, 0.05) is 41.2 Å². The van der Waals surface area contributed by atoms with Crippen LogP contribution in [0.1, 0.15) is 36.0 Å². The number of carboxylic acids is 1. The van der Waals surface area contributed by atoms with E-state index in [0.29, 0.717) is 23.6 Å². The summed E-state index contributed by atoms with van der Waals surface area (Å²) in [5.74, 6) is -1.08. The van der Waals surface area contributed by atoms with Gasteiger partial charge in [-0.1, -0.05) is 54.1 Å². The van der Waals surface area contributed by atoms with Crippen molar-refractivity contribution in [3.05, 3.63) is 107 Å². The van der Waals surface area contributed by atoms with E-state index in [1.165, 1.54) is 6.08 Å². The number of hydrogen-bond acceptors (Lipinski definition) is 3. The first-order valence-corrected chi connectivity index (χ1v) is 10.6. The van der Waals surface area contributed by atoms with Gasteiger partial charge >= 0.3 is 5.97 Å². The summed E-state index contributed by atoms with van der Waals surface area (Å²) in [4.78, 5) is 27.4. The number of carbonyl (C=O) groups is 2. The maximum Gasteiger partial charge on any atom is 0.303 e. The molecular weight excluding hydrogens is 424 g/mol. The van der Waals surface area contributed by atoms with Gasteiger partial charge in [0.25, 0.3) is 0 Å². The van der Waals surface area contributed by atoms with Crippen LogP contribution in [0, 0.1) is 0 Å². The number of halogens is 1. The molecule has 0 aliphatic rings. The molecule has 32 heavy (non-hydrogen) atoms. The van der Waals surface area contributed by atoms with Gasteiger partial charge in [-0.2, -0.15) is 0 Å². The lowest BCUT2D eigenvalue weighted by Crippen LogP contribution is -2.08. The minimum absolute atomic E-state index is 0.116. The number of amides is 1. The summed E-state index contributed by atoms with van der Waals surface area (Å²) in [6, 6.07) is 18.6. The number of rotatable bonds is 9. The van der Waals surface area contributed by atoms with Crippen molar-refractivity contribution in [3.8, 4) is 0 Å². The van der Waals surface area contributed by atoms with Crippen LogP contribution in [0.4, 0.5) is 5.69 Å². The summed E-state index contributed by atoms with van der Waals surface area (Å²) < 4.78 is 0. The van der Waals surface area contributed by atoms with Gasteiger partial charge in [0.15, 0.2) is 0 Å². The highest BCUT2D eigenvalue weighted by atomic mass is 35.5. The van der Waals surface area contributed by atoms with E-state index in [1.54, 1.807) is 24.5 Å². The van der Waals surface area contributed by atoms with Crippen LogP contribution in [0.2, 0.25) is 5.02 Å². The average Bonchev–Trinajstić information content (AvgIpc) is 2.79. The highest BCUT2D eigenvalue weighted by molar-refractivity contribution is 6.32. The number of pyridine rings is 1. The third-order valence-electron chi connectivity index (χ3n) is 4.68. The molecule has 1 heterocycles. The second kappa shape index (κ2) is 11.6. The van der Waals surface area contributed by atoms with Crippen molar-refractivity contribution in [2.45, 2.75) is 19.3 Å². The molecule has 6 heteroatoms. The molecule has 2 aromatic carbocycles. The lowest BCUT2D eigenvalue weighted by Gasteiger charge is -2.11. The SMILES string of the molecule is O=C(O)CCC/C=C(\c1cccnc1)c1cccc(NC(=O)/C=C/c2ccccc2Cl)c1. The molecule has 0 bridgehead atoms. The average molecular weight is 447 g/mol. The number of nitrogens with one attached hydrogen (secondary N) is 1. The Morgan fingerprint density at radius 3 is 2.59 bits per heavy atom. The van der Waals surface area contributed by atoms with E-state index < -0.39 is 5.97 Å². The molecule has 162 valence electrons. The number of unbranched alkanes of at least 4 members (excludes halogenated alkanes) is 1. The van der Waals surface area contributed by atoms with E-state index in [-0.39, 0.29) is 12.3 Å². The zero-order valence-corrected chi connectivity index (χ0v) is 18.1. The molecule has 3 aromatic rings. The minimum Gasteiger partial charge on any atom is -0.481 e. The number of anilines is 1. The van der Waals surface area contributed by atoms with Gasteiger partial charge in [0.05, 0.1) is 0 Å². The van der Waals surface area contributed by atoms with Crippen molar-refractivity contribution in [1.82, 2.24) is 4.98 Å². The molecule has 1 aromatic heterocycles. The largest absolute Gasteiger partial charge is 0.481 e. The number of allylic oxidation sites excluding steroid dienone is 1. The molecule has 3 rings (SSSR count). The number of aliphatic carboxylic acids is 1. The molecule has 0 saturated carbocycles. The van der Waals surface area contributed by atoms with Crippen molar-refractivity contribution in [3.63, 3.8) is 0 Å². The monoisotopic (exact) mass is 446 g/mol. The van der Waals surface area contributed by atoms with Crippen LogP contribution in [0.5, 0.6) is 0 Å². The molecule has 5 nitrogen and oxygen atoms in total. The molecule has 0 aliphatic carbocycles. The first-order chi connectivity index (χ1) is 15.5. The molecule has 0 unspecified atom stereocenters. The van der Waals surface area contributed by atoms with E-state index >= 15 is 0 Å². The van der Waals surface area contributed by atoms with Crippen molar-refractivity contribution >= 4 is 40.8 Å². The Hall–Kier alpha value is -3.70. The zero-order chi connectivity index (χ0) is 22.8. The Morgan fingerprint density at radius 1 is 1.03 bits per heavy atom. The molecular formula is C26H23ClN2O3. The molecule has 0 spiro atoms. The fraction of sp³-hybridized carbons (Fsp3) is 0.115. The number of nitrogens with zero attached hydrogens (tertiary/aromatic N) is 1. The Bertz CT molecular complexity index is 1140. The highest BCUT2D eigenvalue weighted by Crippen LogP contribution is 2.26. The van der Waals surface area contributed by atoms with Gasteiger partial charge < -0.3 is 10.4 Å². The lowest BCUT2D eigenvalue weighted by molar-refractivity contribution is -0.137. The molecule has 0 saturated heterocycles. The Kier molecular flexibility index (Phi) is 8.35. The lowest BCUT2D eigenvalue weighted by atomic mass is 9.97. The smallest absolute Gasteiger partial charge is 0.303 e. The highest BCUT2D eigenvalue weighted by Gasteiger charge is 2.08. The van der Waals surface area contributed by atoms with Gasteiger partial charge in [-0.05, 0) is 59.9 Å². The van der Waals surface area contributed by atoms with Gasteiger partial charge in [-0.3, -0.25) is 14.6 Å². The molecule has 0 atom stereocenters. The molecule has 2 N–H and O–H groups in total. The van der Waals surface area contributed by atoms with E-state index in [1.807, 2.05) is 60.7 Å². The molecule has 0 fully saturated rings. The Balaban J connectivity index is 1.78. The third-order valence-corrected chi connectivity index (χ3v) is 5.02. The summed E-state index contributed by atoms with van der Waals surface area (Å²) in [5.41, 5.74) is 4.18. The third kappa shape index (κ3) is 6.93. The van der Waals surface area contributed by atoms with Crippen LogP contribution in [-0.4, -0.2) is 22.0 Å². The van der Waals surface area contributed by atoms with Crippen LogP contribution >= 0.6 is 11.6 Å². The summed E-state index contributed by atoms with van der Waals surface area (Å²) in [6.07, 6.45) is 9.87. The van der Waals surface area contributed by atoms with Crippen molar-refractivity contribution < 1.29 is 14.7 Å². The van der Waals surface area contributed by atoms with Gasteiger partial charge in [0.1, 0.15) is 0 Å². The van der Waals surface area contributed by atoms with E-state index in [4.69, 9.17) is 16.7 Å². The summed E-state index contributed by atoms with van der Waals surface area (Å²) in [5, 5.41) is 12.3. The first-order valence-electron chi connectivity index (χ1n) is 10.2. The number of aromatic nitrogens is 1. The standard InChI is InChI=1S/C26H23ClN2O3/c27-24-12-3-1-7-19(24)14-15-25(30)29-22-10-5-8-20(17-22)23(11-2-4-13-26(31)32)21-9-6-16-28-18-21/h1,3,5-12,14-18H,2,4,13H2,(H,29,30)(H,31,32)/b15-14+,23-11-. The van der Waals surface area contributed by atoms with Crippen LogP contribution in [-0.2, 0) is 9.59 Å². The fourth-order valence-electron chi connectivity index (χ4n) is 3.15. The normalized spacial score (nSPS) is 11.5.